The molecular weight excluding hydrogens is 298 g/mol. The standard InChI is InChI=1S/C13H12ClN3O2S/c14-10-6-20-11-3-8(1-2-9(10)11)16-12(18)7-4-17(5-7)13(15)19/h1-3,6-7H,4-5H2,(H2,15,19)(H,16,18). The van der Waals surface area contributed by atoms with Gasteiger partial charge in [-0.15, -0.1) is 11.3 Å². The first kappa shape index (κ1) is 13.2. The lowest BCUT2D eigenvalue weighted by molar-refractivity contribution is -0.123. The number of amides is 3. The fourth-order valence-corrected chi connectivity index (χ4v) is 3.35. The van der Waals surface area contributed by atoms with E-state index in [9.17, 15) is 9.59 Å². The summed E-state index contributed by atoms with van der Waals surface area (Å²) in [6.45, 7) is 0.766. The van der Waals surface area contributed by atoms with Crippen LogP contribution >= 0.6 is 22.9 Å². The molecule has 2 heterocycles. The molecule has 0 bridgehead atoms. The number of benzene rings is 1. The van der Waals surface area contributed by atoms with Gasteiger partial charge < -0.3 is 16.0 Å². The zero-order valence-corrected chi connectivity index (χ0v) is 12.0. The van der Waals surface area contributed by atoms with Gasteiger partial charge in [-0.05, 0) is 18.2 Å². The number of primary amides is 1. The lowest BCUT2D eigenvalue weighted by Gasteiger charge is -2.36. The number of nitrogens with two attached hydrogens (primary N) is 1. The molecule has 1 saturated heterocycles. The average Bonchev–Trinajstić information content (AvgIpc) is 2.68. The summed E-state index contributed by atoms with van der Waals surface area (Å²) in [7, 11) is 0. The van der Waals surface area contributed by atoms with Gasteiger partial charge >= 0.3 is 6.03 Å². The first-order valence-corrected chi connectivity index (χ1v) is 7.32. The topological polar surface area (TPSA) is 75.4 Å². The molecule has 0 aliphatic carbocycles. The Morgan fingerprint density at radius 1 is 1.40 bits per heavy atom. The molecule has 1 aromatic heterocycles. The van der Waals surface area contributed by atoms with Gasteiger partial charge in [0, 0.05) is 34.2 Å². The summed E-state index contributed by atoms with van der Waals surface area (Å²) in [5, 5.41) is 6.43. The Bertz CT molecular complexity index is 694. The minimum absolute atomic E-state index is 0.0931. The number of nitrogens with one attached hydrogen (secondary N) is 1. The smallest absolute Gasteiger partial charge is 0.314 e. The summed E-state index contributed by atoms with van der Waals surface area (Å²) >= 11 is 7.57. The van der Waals surface area contributed by atoms with Crippen LogP contribution in [0.25, 0.3) is 10.1 Å². The Balaban J connectivity index is 1.67. The molecule has 20 heavy (non-hydrogen) atoms. The predicted octanol–water partition coefficient (Wildman–Crippen LogP) is 2.50. The zero-order chi connectivity index (χ0) is 14.3. The maximum Gasteiger partial charge on any atom is 0.314 e. The Hall–Kier alpha value is -1.79. The van der Waals surface area contributed by atoms with E-state index in [-0.39, 0.29) is 11.8 Å². The first-order chi connectivity index (χ1) is 9.54. The van der Waals surface area contributed by atoms with Gasteiger partial charge in [0.2, 0.25) is 5.91 Å². The monoisotopic (exact) mass is 309 g/mol. The van der Waals surface area contributed by atoms with Gasteiger partial charge in [0.05, 0.1) is 10.9 Å². The molecule has 1 aliphatic heterocycles. The number of halogens is 1. The van der Waals surface area contributed by atoms with Crippen LogP contribution in [0.2, 0.25) is 5.02 Å². The van der Waals surface area contributed by atoms with Gasteiger partial charge in [-0.3, -0.25) is 4.79 Å². The molecule has 3 N–H and O–H groups in total. The molecule has 1 aliphatic rings. The molecular formula is C13H12ClN3O2S. The first-order valence-electron chi connectivity index (χ1n) is 6.06. The number of fused-ring (bicyclic) bond motifs is 1. The number of hydrogen-bond donors (Lipinski definition) is 2. The van der Waals surface area contributed by atoms with Gasteiger partial charge in [-0.2, -0.15) is 0 Å². The highest BCUT2D eigenvalue weighted by molar-refractivity contribution is 7.17. The van der Waals surface area contributed by atoms with E-state index < -0.39 is 6.03 Å². The molecule has 104 valence electrons. The number of hydrogen-bond acceptors (Lipinski definition) is 3. The number of thiophene rings is 1. The van der Waals surface area contributed by atoms with Crippen LogP contribution in [0, 0.1) is 5.92 Å². The zero-order valence-electron chi connectivity index (χ0n) is 10.4. The number of urea groups is 1. The number of carbonyl (C=O) groups is 2. The van der Waals surface area contributed by atoms with E-state index in [1.165, 1.54) is 16.2 Å². The van der Waals surface area contributed by atoms with Gasteiger partial charge in [-0.25, -0.2) is 4.79 Å². The predicted molar refractivity (Wildman–Crippen MR) is 80.1 cm³/mol. The third kappa shape index (κ3) is 2.32. The van der Waals surface area contributed by atoms with E-state index in [4.69, 9.17) is 17.3 Å². The number of carbonyl (C=O) groups excluding carboxylic acids is 2. The average molecular weight is 310 g/mol. The molecule has 0 radical (unpaired) electrons. The summed E-state index contributed by atoms with van der Waals surface area (Å²) in [6, 6.07) is 5.13. The highest BCUT2D eigenvalue weighted by atomic mass is 35.5. The van der Waals surface area contributed by atoms with Gasteiger partial charge in [-0.1, -0.05) is 11.6 Å². The lowest BCUT2D eigenvalue weighted by atomic mass is 10.00. The van der Waals surface area contributed by atoms with Crippen LogP contribution in [-0.2, 0) is 4.79 Å². The Kier molecular flexibility index (Phi) is 3.27. The quantitative estimate of drug-likeness (QED) is 0.894. The maximum absolute atomic E-state index is 12.0. The normalized spacial score (nSPS) is 15.2. The molecule has 0 saturated carbocycles. The van der Waals surface area contributed by atoms with E-state index in [1.807, 2.05) is 23.6 Å². The molecule has 1 fully saturated rings. The fraction of sp³-hybridized carbons (Fsp3) is 0.231. The second-order valence-electron chi connectivity index (χ2n) is 4.72. The van der Waals surface area contributed by atoms with Crippen molar-refractivity contribution in [3.8, 4) is 0 Å². The van der Waals surface area contributed by atoms with E-state index in [0.717, 1.165) is 20.8 Å². The summed E-state index contributed by atoms with van der Waals surface area (Å²) in [5.74, 6) is -0.283. The summed E-state index contributed by atoms with van der Waals surface area (Å²) in [4.78, 5) is 24.3. The fourth-order valence-electron chi connectivity index (χ4n) is 2.14. The molecule has 2 aromatic rings. The van der Waals surface area contributed by atoms with Gasteiger partial charge in [0.25, 0.3) is 0 Å². The summed E-state index contributed by atoms with van der Waals surface area (Å²) < 4.78 is 1.03. The second kappa shape index (κ2) is 4.96. The van der Waals surface area contributed by atoms with Crippen molar-refractivity contribution in [2.24, 2.45) is 11.7 Å². The molecule has 3 amide bonds. The Morgan fingerprint density at radius 3 is 2.85 bits per heavy atom. The van der Waals surface area contributed by atoms with Crippen LogP contribution in [0.4, 0.5) is 10.5 Å². The number of rotatable bonds is 2. The van der Waals surface area contributed by atoms with Gasteiger partial charge in [0.1, 0.15) is 0 Å². The highest BCUT2D eigenvalue weighted by Crippen LogP contribution is 2.32. The highest BCUT2D eigenvalue weighted by Gasteiger charge is 2.34. The van der Waals surface area contributed by atoms with Crippen molar-refractivity contribution in [1.29, 1.82) is 0 Å². The van der Waals surface area contributed by atoms with Crippen molar-refractivity contribution < 1.29 is 9.59 Å². The molecule has 1 aromatic carbocycles. The van der Waals surface area contributed by atoms with Crippen molar-refractivity contribution >= 4 is 50.6 Å². The molecule has 3 rings (SSSR count). The van der Waals surface area contributed by atoms with Crippen LogP contribution in [0.15, 0.2) is 23.6 Å². The van der Waals surface area contributed by atoms with Crippen molar-refractivity contribution in [3.05, 3.63) is 28.6 Å². The van der Waals surface area contributed by atoms with E-state index >= 15 is 0 Å². The minimum atomic E-state index is -0.483. The molecule has 0 spiro atoms. The van der Waals surface area contributed by atoms with Crippen molar-refractivity contribution in [1.82, 2.24) is 4.90 Å². The molecule has 5 nitrogen and oxygen atoms in total. The third-order valence-corrected chi connectivity index (χ3v) is 4.75. The van der Waals surface area contributed by atoms with Crippen LogP contribution in [0.3, 0.4) is 0 Å². The summed E-state index contributed by atoms with van der Waals surface area (Å²) in [5.41, 5.74) is 5.86. The number of likely N-dealkylation sites (tertiary alicyclic amines) is 1. The number of anilines is 1. The van der Waals surface area contributed by atoms with Crippen LogP contribution in [0.1, 0.15) is 0 Å². The summed E-state index contributed by atoms with van der Waals surface area (Å²) in [6.07, 6.45) is 0. The van der Waals surface area contributed by atoms with Crippen LogP contribution < -0.4 is 11.1 Å². The van der Waals surface area contributed by atoms with E-state index in [1.54, 1.807) is 0 Å². The van der Waals surface area contributed by atoms with Gasteiger partial charge in [0.15, 0.2) is 0 Å². The Labute approximate surface area is 124 Å². The van der Waals surface area contributed by atoms with Crippen LogP contribution in [0.5, 0.6) is 0 Å². The minimum Gasteiger partial charge on any atom is -0.351 e. The van der Waals surface area contributed by atoms with Crippen LogP contribution in [-0.4, -0.2) is 29.9 Å². The largest absolute Gasteiger partial charge is 0.351 e. The molecule has 0 atom stereocenters. The SMILES string of the molecule is NC(=O)N1CC(C(=O)Nc2ccc3c(Cl)csc3c2)C1. The lowest BCUT2D eigenvalue weighted by Crippen LogP contribution is -2.56. The maximum atomic E-state index is 12.0. The van der Waals surface area contributed by atoms with E-state index in [0.29, 0.717) is 13.1 Å². The van der Waals surface area contributed by atoms with Crippen molar-refractivity contribution in [2.45, 2.75) is 0 Å². The molecule has 0 unspecified atom stereocenters. The van der Waals surface area contributed by atoms with Crippen molar-refractivity contribution in [3.63, 3.8) is 0 Å². The third-order valence-electron chi connectivity index (χ3n) is 3.36. The second-order valence-corrected chi connectivity index (χ2v) is 6.04. The molecule has 7 heteroatoms. The Morgan fingerprint density at radius 2 is 2.15 bits per heavy atom. The van der Waals surface area contributed by atoms with Crippen molar-refractivity contribution in [2.75, 3.05) is 18.4 Å². The number of nitrogens with zero attached hydrogens (tertiary/aromatic N) is 1. The van der Waals surface area contributed by atoms with E-state index in [2.05, 4.69) is 5.32 Å².